The number of benzene rings is 1. The van der Waals surface area contributed by atoms with Gasteiger partial charge in [-0.25, -0.2) is 0 Å². The molecule has 0 aliphatic heterocycles. The molecule has 2 heterocycles. The summed E-state index contributed by atoms with van der Waals surface area (Å²) in [6.07, 6.45) is 7.51. The number of halogens is 4. The lowest BCUT2D eigenvalue weighted by Crippen LogP contribution is -2.57. The molecule has 4 fully saturated rings. The molecule has 4 saturated carbocycles. The van der Waals surface area contributed by atoms with E-state index in [1.165, 1.54) is 0 Å². The van der Waals surface area contributed by atoms with Gasteiger partial charge < -0.3 is 15.4 Å². The third-order valence-electron chi connectivity index (χ3n) is 8.66. The lowest BCUT2D eigenvalue weighted by molar-refractivity contribution is -0.389. The highest BCUT2D eigenvalue weighted by Gasteiger charge is 2.61. The summed E-state index contributed by atoms with van der Waals surface area (Å²) in [6.45, 7) is 2.16. The molecule has 0 saturated heterocycles. The van der Waals surface area contributed by atoms with Gasteiger partial charge in [0.2, 0.25) is 5.91 Å². The van der Waals surface area contributed by atoms with Crippen LogP contribution >= 0.6 is 46.4 Å². The molecule has 4 bridgehead atoms. The zero-order valence-corrected chi connectivity index (χ0v) is 24.1. The normalized spacial score (nSPS) is 27.2. The molecule has 0 spiro atoms. The van der Waals surface area contributed by atoms with Crippen LogP contribution in [0.3, 0.4) is 0 Å². The zero-order valence-electron chi connectivity index (χ0n) is 21.1. The van der Waals surface area contributed by atoms with Crippen molar-refractivity contribution in [2.75, 3.05) is 5.32 Å². The van der Waals surface area contributed by atoms with Crippen LogP contribution in [0.25, 0.3) is 0 Å². The molecule has 1 N–H and O–H groups in total. The van der Waals surface area contributed by atoms with Crippen molar-refractivity contribution in [1.82, 2.24) is 19.6 Å². The van der Waals surface area contributed by atoms with Crippen molar-refractivity contribution in [2.24, 2.45) is 17.3 Å². The molecule has 206 valence electrons. The summed E-state index contributed by atoms with van der Waals surface area (Å²) in [5, 5.41) is 24.8. The number of nitrogens with one attached hydrogen (secondary N) is 1. The average molecular weight is 612 g/mol. The Bertz CT molecular complexity index is 1490. The Kier molecular flexibility index (Phi) is 6.65. The molecule has 0 radical (unpaired) electrons. The number of nitro groups is 1. The van der Waals surface area contributed by atoms with Gasteiger partial charge in [0, 0.05) is 22.7 Å². The molecule has 39 heavy (non-hydrogen) atoms. The number of hydrogen-bond donors (Lipinski definition) is 1. The van der Waals surface area contributed by atoms with E-state index in [1.807, 2.05) is 6.07 Å². The summed E-state index contributed by atoms with van der Waals surface area (Å²) in [4.78, 5) is 24.4. The predicted octanol–water partition coefficient (Wildman–Crippen LogP) is 7.28. The van der Waals surface area contributed by atoms with Crippen LogP contribution in [0.2, 0.25) is 20.1 Å². The van der Waals surface area contributed by atoms with Crippen molar-refractivity contribution in [2.45, 2.75) is 64.0 Å². The Hall–Kier alpha value is -2.33. The van der Waals surface area contributed by atoms with Crippen molar-refractivity contribution in [1.29, 1.82) is 0 Å². The minimum absolute atomic E-state index is 0.0904. The van der Waals surface area contributed by atoms with E-state index in [9.17, 15) is 14.9 Å². The van der Waals surface area contributed by atoms with E-state index < -0.39 is 4.92 Å². The van der Waals surface area contributed by atoms with Crippen molar-refractivity contribution in [3.8, 4) is 0 Å². The summed E-state index contributed by atoms with van der Waals surface area (Å²) in [5.41, 5.74) is 0.845. The van der Waals surface area contributed by atoms with Crippen molar-refractivity contribution >= 4 is 63.9 Å². The maximum atomic E-state index is 13.4. The number of amides is 1. The number of nitrogens with zero attached hydrogens (tertiary/aromatic N) is 5. The first-order valence-electron chi connectivity index (χ1n) is 12.8. The summed E-state index contributed by atoms with van der Waals surface area (Å²) < 4.78 is 3.43. The summed E-state index contributed by atoms with van der Waals surface area (Å²) in [7, 11) is 0. The first-order valence-corrected chi connectivity index (χ1v) is 14.3. The number of rotatable bonds is 7. The van der Waals surface area contributed by atoms with Gasteiger partial charge in [0.15, 0.2) is 10.8 Å². The highest BCUT2D eigenvalue weighted by molar-refractivity contribution is 6.35. The average Bonchev–Trinajstić information content (AvgIpc) is 3.33. The second kappa shape index (κ2) is 9.65. The van der Waals surface area contributed by atoms with Crippen LogP contribution in [0.4, 0.5) is 11.6 Å². The zero-order chi connectivity index (χ0) is 27.7. The fourth-order valence-electron chi connectivity index (χ4n) is 7.81. The van der Waals surface area contributed by atoms with Gasteiger partial charge in [0.1, 0.15) is 5.02 Å². The van der Waals surface area contributed by atoms with Crippen LogP contribution in [0.5, 0.6) is 0 Å². The second-order valence-electron chi connectivity index (χ2n) is 11.6. The molecule has 2 aromatic heterocycles. The summed E-state index contributed by atoms with van der Waals surface area (Å²) >= 11 is 25.0. The molecule has 7 rings (SSSR count). The van der Waals surface area contributed by atoms with Crippen LogP contribution < -0.4 is 5.32 Å². The van der Waals surface area contributed by atoms with Crippen LogP contribution in [0, 0.1) is 34.3 Å². The molecular weight excluding hydrogens is 586 g/mol. The van der Waals surface area contributed by atoms with Crippen molar-refractivity contribution < 1.29 is 9.72 Å². The predicted molar refractivity (Wildman–Crippen MR) is 150 cm³/mol. The monoisotopic (exact) mass is 610 g/mol. The second-order valence-corrected chi connectivity index (χ2v) is 13.2. The number of carbonyl (C=O) groups is 1. The highest BCUT2D eigenvalue weighted by atomic mass is 35.5. The molecule has 2 atom stereocenters. The smallest absolute Gasteiger partial charge is 0.358 e. The fraction of sp³-hybridized carbons (Fsp3) is 0.500. The molecular formula is C26H26Cl4N6O3. The molecule has 2 unspecified atom stereocenters. The number of carbonyl (C=O) groups excluding carboxylic acids is 1. The first-order chi connectivity index (χ1) is 18.5. The van der Waals surface area contributed by atoms with Crippen LogP contribution in [0.15, 0.2) is 24.4 Å². The molecule has 13 heteroatoms. The van der Waals surface area contributed by atoms with Gasteiger partial charge >= 0.3 is 5.82 Å². The van der Waals surface area contributed by atoms with E-state index in [0.717, 1.165) is 44.1 Å². The van der Waals surface area contributed by atoms with Crippen LogP contribution in [-0.2, 0) is 16.9 Å². The molecule has 1 amide bonds. The number of hydrogen-bond acceptors (Lipinski definition) is 5. The molecule has 4 aliphatic rings. The van der Waals surface area contributed by atoms with Gasteiger partial charge in [-0.3, -0.25) is 9.48 Å². The van der Waals surface area contributed by atoms with Gasteiger partial charge in [0.25, 0.3) is 0 Å². The molecule has 3 aromatic rings. The Balaban J connectivity index is 1.20. The first kappa shape index (κ1) is 26.9. The highest BCUT2D eigenvalue weighted by Crippen LogP contribution is 2.65. The van der Waals surface area contributed by atoms with Gasteiger partial charge in [-0.15, -0.1) is 0 Å². The maximum Gasteiger partial charge on any atom is 0.408 e. The molecule has 1 aromatic carbocycles. The standard InChI is InChI=1S/C26H26Cl4N6O3/c1-14-22(30)24(36(38)39)33-35(14)26-8-15-4-16(9-26)7-25(6-15,13-26)10-21(37)31-23-20(29)12-34(32-23)11-17-2-3-18(27)5-19(17)28/h2-3,5,12,15-16H,4,6-11,13H2,1H3,(H,31,32,37). The lowest BCUT2D eigenvalue weighted by Gasteiger charge is -2.61. The Labute approximate surface area is 244 Å². The van der Waals surface area contributed by atoms with Gasteiger partial charge in [-0.05, 0) is 85.3 Å². The van der Waals surface area contributed by atoms with Gasteiger partial charge in [0.05, 0.1) is 22.9 Å². The Morgan fingerprint density at radius 3 is 2.49 bits per heavy atom. The topological polar surface area (TPSA) is 108 Å². The van der Waals surface area contributed by atoms with Crippen LogP contribution in [-0.4, -0.2) is 30.4 Å². The van der Waals surface area contributed by atoms with Gasteiger partial charge in [-0.2, -0.15) is 9.78 Å². The van der Waals surface area contributed by atoms with E-state index in [-0.39, 0.29) is 27.7 Å². The van der Waals surface area contributed by atoms with E-state index in [1.54, 1.807) is 34.6 Å². The molecule has 4 aliphatic carbocycles. The van der Waals surface area contributed by atoms with Crippen LogP contribution in [0.1, 0.15) is 56.2 Å². The maximum absolute atomic E-state index is 13.4. The minimum atomic E-state index is -0.528. The fourth-order valence-corrected chi connectivity index (χ4v) is 8.66. The Morgan fingerprint density at radius 1 is 1.13 bits per heavy atom. The largest absolute Gasteiger partial charge is 0.408 e. The summed E-state index contributed by atoms with van der Waals surface area (Å²) in [5.74, 6) is 0.725. The Morgan fingerprint density at radius 2 is 1.85 bits per heavy atom. The number of anilines is 1. The third-order valence-corrected chi connectivity index (χ3v) is 9.96. The third kappa shape index (κ3) is 4.81. The van der Waals surface area contributed by atoms with Crippen molar-refractivity contribution in [3.63, 3.8) is 0 Å². The van der Waals surface area contributed by atoms with E-state index in [2.05, 4.69) is 15.5 Å². The van der Waals surface area contributed by atoms with E-state index >= 15 is 0 Å². The molecule has 9 nitrogen and oxygen atoms in total. The minimum Gasteiger partial charge on any atom is -0.358 e. The van der Waals surface area contributed by atoms with Gasteiger partial charge in [-0.1, -0.05) is 52.5 Å². The quantitative estimate of drug-likeness (QED) is 0.223. The SMILES string of the molecule is Cc1c(Cl)c([N+](=O)[O-])nn1C12CC3CC(CC(CC(=O)Nc4nn(Cc5ccc(Cl)cc5Cl)cc4Cl)(C3)C1)C2. The summed E-state index contributed by atoms with van der Waals surface area (Å²) in [6, 6.07) is 5.25. The number of aromatic nitrogens is 4. The lowest BCUT2D eigenvalue weighted by atomic mass is 9.46. The van der Waals surface area contributed by atoms with E-state index in [4.69, 9.17) is 46.4 Å². The van der Waals surface area contributed by atoms with Crippen molar-refractivity contribution in [3.05, 3.63) is 65.9 Å². The van der Waals surface area contributed by atoms with E-state index in [0.29, 0.717) is 51.4 Å².